The molecule has 0 saturated heterocycles. The molecule has 1 aromatic heterocycles. The molecule has 0 aliphatic heterocycles. The monoisotopic (exact) mass is 455 g/mol. The van der Waals surface area contributed by atoms with E-state index in [0.29, 0.717) is 18.4 Å². The van der Waals surface area contributed by atoms with Gasteiger partial charge in [-0.25, -0.2) is 13.4 Å². The molecule has 1 unspecified atom stereocenters. The fourth-order valence-corrected chi connectivity index (χ4v) is 6.03. The van der Waals surface area contributed by atoms with Crippen LogP contribution in [0.3, 0.4) is 0 Å². The molecule has 8 heteroatoms. The SMILES string of the molecule is COC(=O)CCCCCCCC(CS(=O)(=O)c1nc2ccccc2s1)OC(C)(C)C. The number of hydrogen-bond acceptors (Lipinski definition) is 7. The number of unbranched alkanes of at least 4 members (excludes halogenated alkanes) is 4. The predicted molar refractivity (Wildman–Crippen MR) is 121 cm³/mol. The molecule has 0 aliphatic carbocycles. The highest BCUT2D eigenvalue weighted by atomic mass is 32.2. The van der Waals surface area contributed by atoms with Gasteiger partial charge < -0.3 is 9.47 Å². The number of methoxy groups -OCH3 is 1. The van der Waals surface area contributed by atoms with E-state index in [-0.39, 0.29) is 22.2 Å². The molecule has 0 bridgehead atoms. The van der Waals surface area contributed by atoms with E-state index in [1.165, 1.54) is 18.4 Å². The van der Waals surface area contributed by atoms with Crippen molar-refractivity contribution in [2.24, 2.45) is 0 Å². The Morgan fingerprint density at radius 1 is 1.10 bits per heavy atom. The van der Waals surface area contributed by atoms with Crippen LogP contribution in [0.1, 0.15) is 65.7 Å². The molecule has 0 saturated carbocycles. The van der Waals surface area contributed by atoms with E-state index in [0.717, 1.165) is 36.8 Å². The zero-order valence-corrected chi connectivity index (χ0v) is 20.0. The highest BCUT2D eigenvalue weighted by Gasteiger charge is 2.28. The summed E-state index contributed by atoms with van der Waals surface area (Å²) in [6.45, 7) is 5.82. The Morgan fingerprint density at radius 2 is 1.77 bits per heavy atom. The minimum Gasteiger partial charge on any atom is -0.469 e. The van der Waals surface area contributed by atoms with Crippen LogP contribution in [0.25, 0.3) is 10.2 Å². The number of aromatic nitrogens is 1. The molecule has 1 atom stereocenters. The van der Waals surface area contributed by atoms with Gasteiger partial charge in [-0.2, -0.15) is 0 Å². The van der Waals surface area contributed by atoms with Crippen molar-refractivity contribution in [2.75, 3.05) is 12.9 Å². The van der Waals surface area contributed by atoms with Crippen LogP contribution in [0.15, 0.2) is 28.6 Å². The zero-order valence-electron chi connectivity index (χ0n) is 18.3. The molecule has 0 spiro atoms. The molecule has 6 nitrogen and oxygen atoms in total. The predicted octanol–water partition coefficient (Wildman–Crippen LogP) is 5.16. The summed E-state index contributed by atoms with van der Waals surface area (Å²) >= 11 is 1.21. The van der Waals surface area contributed by atoms with Crippen molar-refractivity contribution in [1.82, 2.24) is 4.98 Å². The summed E-state index contributed by atoms with van der Waals surface area (Å²) in [5.41, 5.74) is 0.287. The highest BCUT2D eigenvalue weighted by Crippen LogP contribution is 2.28. The van der Waals surface area contributed by atoms with Gasteiger partial charge in [0.2, 0.25) is 14.2 Å². The fraction of sp³-hybridized carbons (Fsp3) is 0.636. The van der Waals surface area contributed by atoms with Gasteiger partial charge >= 0.3 is 5.97 Å². The van der Waals surface area contributed by atoms with Crippen LogP contribution < -0.4 is 0 Å². The number of esters is 1. The molecule has 2 rings (SSSR count). The molecular weight excluding hydrogens is 422 g/mol. The number of nitrogens with zero attached hydrogens (tertiary/aromatic N) is 1. The van der Waals surface area contributed by atoms with E-state index in [4.69, 9.17) is 4.74 Å². The van der Waals surface area contributed by atoms with Crippen molar-refractivity contribution in [1.29, 1.82) is 0 Å². The first-order chi connectivity index (χ1) is 14.1. The molecule has 0 aliphatic rings. The van der Waals surface area contributed by atoms with Gasteiger partial charge in [0.1, 0.15) is 0 Å². The topological polar surface area (TPSA) is 82.6 Å². The molecule has 30 heavy (non-hydrogen) atoms. The largest absolute Gasteiger partial charge is 0.469 e. The lowest BCUT2D eigenvalue weighted by atomic mass is 10.1. The first kappa shape index (κ1) is 24.8. The van der Waals surface area contributed by atoms with Gasteiger partial charge in [0.05, 0.1) is 34.8 Å². The number of benzene rings is 1. The average molecular weight is 456 g/mol. The summed E-state index contributed by atoms with van der Waals surface area (Å²) in [5, 5.41) is 0. The maximum absolute atomic E-state index is 13.0. The Kier molecular flexibility index (Phi) is 9.25. The van der Waals surface area contributed by atoms with Crippen molar-refractivity contribution in [3.8, 4) is 0 Å². The second-order valence-electron chi connectivity index (χ2n) is 8.46. The third kappa shape index (κ3) is 8.32. The number of hydrogen-bond donors (Lipinski definition) is 0. The molecule has 0 amide bonds. The van der Waals surface area contributed by atoms with Crippen molar-refractivity contribution < 1.29 is 22.7 Å². The molecule has 1 heterocycles. The van der Waals surface area contributed by atoms with E-state index >= 15 is 0 Å². The third-order valence-electron chi connectivity index (χ3n) is 4.60. The van der Waals surface area contributed by atoms with Crippen molar-refractivity contribution in [3.05, 3.63) is 24.3 Å². The van der Waals surface area contributed by atoms with E-state index in [1.54, 1.807) is 0 Å². The highest BCUT2D eigenvalue weighted by molar-refractivity contribution is 7.93. The maximum atomic E-state index is 13.0. The van der Waals surface area contributed by atoms with E-state index in [2.05, 4.69) is 9.72 Å². The van der Waals surface area contributed by atoms with Crippen molar-refractivity contribution >= 4 is 37.4 Å². The van der Waals surface area contributed by atoms with Gasteiger partial charge in [-0.3, -0.25) is 4.79 Å². The van der Waals surface area contributed by atoms with E-state index < -0.39 is 15.4 Å². The average Bonchev–Trinajstić information content (AvgIpc) is 3.10. The molecular formula is C22H33NO5S2. The van der Waals surface area contributed by atoms with Gasteiger partial charge in [-0.1, -0.05) is 37.8 Å². The Balaban J connectivity index is 1.91. The molecule has 1 aromatic carbocycles. The van der Waals surface area contributed by atoms with Gasteiger partial charge in [0, 0.05) is 6.42 Å². The standard InChI is InChI=1S/C22H33NO5S2/c1-22(2,3)28-17(12-8-6-5-7-9-15-20(24)27-4)16-30(25,26)21-23-18-13-10-11-14-19(18)29-21/h10-11,13-14,17H,5-9,12,15-16H2,1-4H3. The smallest absolute Gasteiger partial charge is 0.305 e. The number of carbonyl (C=O) groups excluding carboxylic acids is 1. The number of rotatable bonds is 12. The lowest BCUT2D eigenvalue weighted by Gasteiger charge is -2.27. The minimum absolute atomic E-state index is 0.0631. The number of para-hydroxylation sites is 1. The first-order valence-electron chi connectivity index (χ1n) is 10.4. The van der Waals surface area contributed by atoms with Gasteiger partial charge in [0.15, 0.2) is 0 Å². The van der Waals surface area contributed by atoms with Crippen molar-refractivity contribution in [2.45, 2.75) is 81.8 Å². The molecule has 0 radical (unpaired) electrons. The Bertz CT molecular complexity index is 882. The Labute approximate surface area is 183 Å². The molecule has 2 aromatic rings. The molecule has 0 N–H and O–H groups in total. The normalized spacial score (nSPS) is 13.5. The Hall–Kier alpha value is -1.51. The van der Waals surface area contributed by atoms with Crippen LogP contribution in [0.5, 0.6) is 0 Å². The van der Waals surface area contributed by atoms with Crippen LogP contribution in [0, 0.1) is 0 Å². The van der Waals surface area contributed by atoms with E-state index in [1.807, 2.05) is 45.0 Å². The van der Waals surface area contributed by atoms with Crippen LogP contribution in [0.2, 0.25) is 0 Å². The van der Waals surface area contributed by atoms with Crippen LogP contribution in [-0.4, -0.2) is 43.9 Å². The number of ether oxygens (including phenoxy) is 2. The second-order valence-corrected chi connectivity index (χ2v) is 11.7. The lowest BCUT2D eigenvalue weighted by molar-refractivity contribution is -0.140. The summed E-state index contributed by atoms with van der Waals surface area (Å²) in [6.07, 6.45) is 5.40. The van der Waals surface area contributed by atoms with E-state index in [9.17, 15) is 13.2 Å². The zero-order chi connectivity index (χ0) is 22.2. The summed E-state index contributed by atoms with van der Waals surface area (Å²) in [7, 11) is -2.12. The van der Waals surface area contributed by atoms with Crippen LogP contribution >= 0.6 is 11.3 Å². The summed E-state index contributed by atoms with van der Waals surface area (Å²) in [6, 6.07) is 7.45. The minimum atomic E-state index is -3.53. The van der Waals surface area contributed by atoms with Crippen molar-refractivity contribution in [3.63, 3.8) is 0 Å². The van der Waals surface area contributed by atoms with Gasteiger partial charge in [-0.05, 0) is 45.7 Å². The van der Waals surface area contributed by atoms with Gasteiger partial charge in [-0.15, -0.1) is 11.3 Å². The van der Waals surface area contributed by atoms with Crippen LogP contribution in [0.4, 0.5) is 0 Å². The summed E-state index contributed by atoms with van der Waals surface area (Å²) < 4.78 is 37.7. The number of carbonyl (C=O) groups is 1. The lowest BCUT2D eigenvalue weighted by Crippen LogP contribution is -2.32. The number of sulfone groups is 1. The fourth-order valence-electron chi connectivity index (χ4n) is 3.25. The Morgan fingerprint density at radius 3 is 2.43 bits per heavy atom. The number of thiazole rings is 1. The van der Waals surface area contributed by atoms with Crippen LogP contribution in [-0.2, 0) is 24.1 Å². The maximum Gasteiger partial charge on any atom is 0.305 e. The second kappa shape index (κ2) is 11.2. The summed E-state index contributed by atoms with van der Waals surface area (Å²) in [4.78, 5) is 15.5. The first-order valence-corrected chi connectivity index (χ1v) is 12.9. The summed E-state index contributed by atoms with van der Waals surface area (Å²) in [5.74, 6) is -0.236. The quantitative estimate of drug-likeness (QED) is 0.325. The molecule has 168 valence electrons. The number of fused-ring (bicyclic) bond motifs is 1. The molecule has 0 fully saturated rings. The third-order valence-corrected chi connectivity index (χ3v) is 7.88. The van der Waals surface area contributed by atoms with Gasteiger partial charge in [0.25, 0.3) is 0 Å².